The molecule has 1 aliphatic rings. The molecule has 0 bridgehead atoms. The number of thiophene rings is 1. The maximum Gasteiger partial charge on any atom is 0.272 e. The Hall–Kier alpha value is -2.10. The Morgan fingerprint density at radius 3 is 2.52 bits per heavy atom. The summed E-state index contributed by atoms with van der Waals surface area (Å²) >= 11 is 7.36. The first kappa shape index (κ1) is 24.0. The smallest absolute Gasteiger partial charge is 0.272 e. The zero-order valence-corrected chi connectivity index (χ0v) is 21.4. The van der Waals surface area contributed by atoms with E-state index in [4.69, 9.17) is 16.6 Å². The minimum absolute atomic E-state index is 0. The summed E-state index contributed by atoms with van der Waals surface area (Å²) in [4.78, 5) is 9.27. The summed E-state index contributed by atoms with van der Waals surface area (Å²) in [6.45, 7) is 5.39. The number of hydrogen-bond donors (Lipinski definition) is 1. The van der Waals surface area contributed by atoms with E-state index in [1.807, 2.05) is 43.3 Å². The maximum atomic E-state index is 13.3. The molecule has 1 fully saturated rings. The number of aromatic nitrogens is 1. The van der Waals surface area contributed by atoms with Crippen molar-refractivity contribution < 1.29 is 8.42 Å². The number of nitrogens with one attached hydrogen (secondary N) is 1. The Morgan fingerprint density at radius 1 is 1.03 bits per heavy atom. The number of hydrogen-bond acceptors (Lipinski definition) is 6. The van der Waals surface area contributed by atoms with E-state index in [0.29, 0.717) is 16.4 Å². The summed E-state index contributed by atoms with van der Waals surface area (Å²) in [6, 6.07) is 15.2. The average Bonchev–Trinajstić information content (AvgIpc) is 3.10. The van der Waals surface area contributed by atoms with Crippen molar-refractivity contribution in [2.45, 2.75) is 11.1 Å². The van der Waals surface area contributed by atoms with Crippen molar-refractivity contribution in [3.63, 3.8) is 0 Å². The molecule has 0 spiro atoms. The first-order valence-corrected chi connectivity index (χ1v) is 13.0. The van der Waals surface area contributed by atoms with Crippen molar-refractivity contribution in [3.05, 3.63) is 59.1 Å². The lowest BCUT2D eigenvalue weighted by molar-refractivity contribution is 0.312. The number of benzene rings is 2. The molecule has 2 aromatic carbocycles. The standard InChI is InChI=1S/C23H23ClN4O2S2.ClH/c1-15-19-14-17(24)7-8-20(19)31-23(15)32(29,30)26-21-13-16-5-3-4-6-18(16)22(25-21)28-11-9-27(2)10-12-28;/h3-8,13-14H,9-12H2,1-2H3,(H,25,26);1H. The number of anilines is 2. The molecule has 0 atom stereocenters. The molecule has 1 N–H and O–H groups in total. The SMILES string of the molecule is Cc1c(S(=O)(=O)Nc2cc3ccccc3c(N3CCN(C)CC3)n2)sc2ccc(Cl)cc12.Cl. The zero-order valence-electron chi connectivity index (χ0n) is 18.2. The van der Waals surface area contributed by atoms with E-state index in [2.05, 4.69) is 21.6 Å². The highest BCUT2D eigenvalue weighted by Crippen LogP contribution is 2.37. The molecule has 4 aromatic rings. The Labute approximate surface area is 208 Å². The summed E-state index contributed by atoms with van der Waals surface area (Å²) < 4.78 is 30.6. The Kier molecular flexibility index (Phi) is 6.75. The molecule has 33 heavy (non-hydrogen) atoms. The van der Waals surface area contributed by atoms with E-state index in [1.54, 1.807) is 12.1 Å². The molecular formula is C23H24Cl2N4O2S2. The Bertz CT molecular complexity index is 1430. The molecule has 10 heteroatoms. The molecule has 1 aliphatic heterocycles. The van der Waals surface area contributed by atoms with Gasteiger partial charge in [0.15, 0.2) is 0 Å². The van der Waals surface area contributed by atoms with Gasteiger partial charge in [0.1, 0.15) is 15.8 Å². The molecule has 2 aromatic heterocycles. The monoisotopic (exact) mass is 522 g/mol. The van der Waals surface area contributed by atoms with E-state index in [1.165, 1.54) is 11.3 Å². The molecule has 0 unspecified atom stereocenters. The minimum atomic E-state index is -3.81. The van der Waals surface area contributed by atoms with Gasteiger partial charge >= 0.3 is 0 Å². The molecule has 3 heterocycles. The van der Waals surface area contributed by atoms with Gasteiger partial charge in [-0.15, -0.1) is 23.7 Å². The average molecular weight is 524 g/mol. The van der Waals surface area contributed by atoms with E-state index in [0.717, 1.165) is 52.9 Å². The van der Waals surface area contributed by atoms with Crippen molar-refractivity contribution in [1.29, 1.82) is 0 Å². The highest BCUT2D eigenvalue weighted by molar-refractivity contribution is 7.94. The largest absolute Gasteiger partial charge is 0.353 e. The van der Waals surface area contributed by atoms with Gasteiger partial charge < -0.3 is 9.80 Å². The number of likely N-dealkylation sites (N-methyl/N-ethyl adjacent to an activating group) is 1. The number of sulfonamides is 1. The molecular weight excluding hydrogens is 499 g/mol. The molecule has 0 radical (unpaired) electrons. The summed E-state index contributed by atoms with van der Waals surface area (Å²) in [5.41, 5.74) is 0.695. The van der Waals surface area contributed by atoms with Crippen LogP contribution in [0.1, 0.15) is 5.56 Å². The number of piperazine rings is 1. The zero-order chi connectivity index (χ0) is 22.5. The molecule has 5 rings (SSSR count). The lowest BCUT2D eigenvalue weighted by atomic mass is 10.1. The molecule has 0 amide bonds. The molecule has 1 saturated heterocycles. The van der Waals surface area contributed by atoms with Crippen LogP contribution in [-0.4, -0.2) is 51.5 Å². The highest BCUT2D eigenvalue weighted by atomic mass is 35.5. The summed E-state index contributed by atoms with van der Waals surface area (Å²) in [5.74, 6) is 1.14. The first-order valence-electron chi connectivity index (χ1n) is 10.4. The van der Waals surface area contributed by atoms with E-state index in [9.17, 15) is 8.42 Å². The summed E-state index contributed by atoms with van der Waals surface area (Å²) in [7, 11) is -1.70. The number of aryl methyl sites for hydroxylation is 1. The summed E-state index contributed by atoms with van der Waals surface area (Å²) in [6.07, 6.45) is 0. The molecule has 6 nitrogen and oxygen atoms in total. The van der Waals surface area contributed by atoms with Crippen LogP contribution in [0.5, 0.6) is 0 Å². The van der Waals surface area contributed by atoms with Gasteiger partial charge in [0.05, 0.1) is 0 Å². The van der Waals surface area contributed by atoms with Gasteiger partial charge in [0, 0.05) is 41.3 Å². The van der Waals surface area contributed by atoms with Crippen LogP contribution in [0.4, 0.5) is 11.6 Å². The lowest BCUT2D eigenvalue weighted by Gasteiger charge is -2.34. The molecule has 0 aliphatic carbocycles. The van der Waals surface area contributed by atoms with E-state index in [-0.39, 0.29) is 16.6 Å². The molecule has 0 saturated carbocycles. The Balaban J connectivity index is 0.00000259. The fraction of sp³-hybridized carbons (Fsp3) is 0.261. The predicted molar refractivity (Wildman–Crippen MR) is 141 cm³/mol. The van der Waals surface area contributed by atoms with Crippen molar-refractivity contribution in [2.75, 3.05) is 42.8 Å². The van der Waals surface area contributed by atoms with Crippen molar-refractivity contribution in [1.82, 2.24) is 9.88 Å². The number of halogens is 2. The van der Waals surface area contributed by atoms with Crippen LogP contribution in [0.25, 0.3) is 20.9 Å². The third kappa shape index (κ3) is 4.63. The maximum absolute atomic E-state index is 13.3. The number of nitrogens with zero attached hydrogens (tertiary/aromatic N) is 3. The van der Waals surface area contributed by atoms with Gasteiger partial charge in [0.25, 0.3) is 10.0 Å². The lowest BCUT2D eigenvalue weighted by Crippen LogP contribution is -2.45. The number of rotatable bonds is 4. The second-order valence-electron chi connectivity index (χ2n) is 8.10. The van der Waals surface area contributed by atoms with Crippen LogP contribution in [0.15, 0.2) is 52.7 Å². The first-order chi connectivity index (χ1) is 15.3. The fourth-order valence-electron chi connectivity index (χ4n) is 4.10. The van der Waals surface area contributed by atoms with Crippen molar-refractivity contribution >= 4 is 77.9 Å². The number of fused-ring (bicyclic) bond motifs is 2. The van der Waals surface area contributed by atoms with Gasteiger partial charge in [-0.2, -0.15) is 0 Å². The Morgan fingerprint density at radius 2 is 1.76 bits per heavy atom. The van der Waals surface area contributed by atoms with Crippen LogP contribution in [0.2, 0.25) is 5.02 Å². The third-order valence-electron chi connectivity index (χ3n) is 5.86. The summed E-state index contributed by atoms with van der Waals surface area (Å²) in [5, 5.41) is 3.41. The van der Waals surface area contributed by atoms with Crippen molar-refractivity contribution in [3.8, 4) is 0 Å². The quantitative estimate of drug-likeness (QED) is 0.389. The van der Waals surface area contributed by atoms with E-state index < -0.39 is 10.0 Å². The van der Waals surface area contributed by atoms with Gasteiger partial charge in [-0.3, -0.25) is 4.72 Å². The third-order valence-corrected chi connectivity index (χ3v) is 9.34. The number of pyridine rings is 1. The minimum Gasteiger partial charge on any atom is -0.353 e. The van der Waals surface area contributed by atoms with Gasteiger partial charge in [-0.05, 0) is 54.6 Å². The van der Waals surface area contributed by atoms with Crippen LogP contribution < -0.4 is 9.62 Å². The van der Waals surface area contributed by atoms with Gasteiger partial charge in [0.2, 0.25) is 0 Å². The van der Waals surface area contributed by atoms with Crippen molar-refractivity contribution in [2.24, 2.45) is 0 Å². The highest BCUT2D eigenvalue weighted by Gasteiger charge is 2.24. The topological polar surface area (TPSA) is 65.5 Å². The normalized spacial score (nSPS) is 15.1. The fourth-order valence-corrected chi connectivity index (χ4v) is 7.01. The molecule has 174 valence electrons. The second-order valence-corrected chi connectivity index (χ2v) is 11.5. The van der Waals surface area contributed by atoms with Gasteiger partial charge in [-0.25, -0.2) is 13.4 Å². The van der Waals surface area contributed by atoms with Crippen LogP contribution in [0.3, 0.4) is 0 Å². The van der Waals surface area contributed by atoms with E-state index >= 15 is 0 Å². The van der Waals surface area contributed by atoms with Crippen LogP contribution in [0, 0.1) is 6.92 Å². The van der Waals surface area contributed by atoms with Crippen LogP contribution in [-0.2, 0) is 10.0 Å². The van der Waals surface area contributed by atoms with Gasteiger partial charge in [-0.1, -0.05) is 35.9 Å². The predicted octanol–water partition coefficient (Wildman–Crippen LogP) is 5.39. The second kappa shape index (κ2) is 9.27. The van der Waals surface area contributed by atoms with Crippen LogP contribution >= 0.6 is 35.3 Å².